The van der Waals surface area contributed by atoms with E-state index in [-0.39, 0.29) is 12.2 Å². The second kappa shape index (κ2) is 9.44. The first-order valence-corrected chi connectivity index (χ1v) is 10.7. The van der Waals surface area contributed by atoms with Gasteiger partial charge in [-0.3, -0.25) is 15.0 Å². The molecule has 1 heterocycles. The summed E-state index contributed by atoms with van der Waals surface area (Å²) in [5.74, 6) is -0.966. The summed E-state index contributed by atoms with van der Waals surface area (Å²) in [4.78, 5) is 37.2. The third-order valence-corrected chi connectivity index (χ3v) is 5.20. The number of nitrogens with zero attached hydrogens (tertiary/aromatic N) is 1. The van der Waals surface area contributed by atoms with E-state index in [0.29, 0.717) is 33.6 Å². The van der Waals surface area contributed by atoms with Gasteiger partial charge >= 0.3 is 5.97 Å². The van der Waals surface area contributed by atoms with Crippen LogP contribution in [-0.2, 0) is 14.3 Å². The second-order valence-electron chi connectivity index (χ2n) is 6.15. The van der Waals surface area contributed by atoms with Crippen LogP contribution in [0.15, 0.2) is 50.9 Å². The predicted octanol–water partition coefficient (Wildman–Crippen LogP) is 4.25. The molecule has 2 aromatic carbocycles. The quantitative estimate of drug-likeness (QED) is 0.338. The second-order valence-corrected chi connectivity index (χ2v) is 7.92. The number of halogens is 2. The lowest BCUT2D eigenvalue weighted by molar-refractivity contribution is -0.117. The maximum absolute atomic E-state index is 12.9. The smallest absolute Gasteiger partial charge is 0.338 e. The molecule has 2 aromatic rings. The van der Waals surface area contributed by atoms with Crippen molar-refractivity contribution < 1.29 is 23.9 Å². The summed E-state index contributed by atoms with van der Waals surface area (Å²) in [6, 6.07) is 9.78. The third kappa shape index (κ3) is 4.57. The lowest BCUT2D eigenvalue weighted by atomic mass is 10.1. The molecule has 1 saturated heterocycles. The van der Waals surface area contributed by atoms with Crippen LogP contribution >= 0.6 is 31.9 Å². The molecule has 156 valence electrons. The molecule has 0 radical (unpaired) electrons. The molecule has 0 unspecified atom stereocenters. The third-order valence-electron chi connectivity index (χ3n) is 4.15. The van der Waals surface area contributed by atoms with Crippen molar-refractivity contribution in [2.24, 2.45) is 0 Å². The number of ether oxygens (including phenoxy) is 2. The van der Waals surface area contributed by atoms with Gasteiger partial charge in [0.05, 0.1) is 28.9 Å². The molecular weight excluding hydrogens is 520 g/mol. The SMILES string of the molecule is CCOC(=O)c1ccc(N2NC(=O)/C(=C\c3cc(Br)cc(Br)c3OCC)C2=O)cc1. The molecule has 0 aromatic heterocycles. The van der Waals surface area contributed by atoms with E-state index in [0.717, 1.165) is 9.48 Å². The normalized spacial score (nSPS) is 14.8. The van der Waals surface area contributed by atoms with E-state index >= 15 is 0 Å². The molecule has 0 atom stereocenters. The molecule has 30 heavy (non-hydrogen) atoms. The zero-order chi connectivity index (χ0) is 21.8. The van der Waals surface area contributed by atoms with E-state index in [9.17, 15) is 14.4 Å². The van der Waals surface area contributed by atoms with Crippen molar-refractivity contribution in [2.75, 3.05) is 18.2 Å². The lowest BCUT2D eigenvalue weighted by Gasteiger charge is -2.15. The van der Waals surface area contributed by atoms with Crippen molar-refractivity contribution in [3.63, 3.8) is 0 Å². The molecule has 0 spiro atoms. The fraction of sp³-hybridized carbons (Fsp3) is 0.190. The van der Waals surface area contributed by atoms with E-state index in [1.165, 1.54) is 18.2 Å². The number of hydrogen-bond acceptors (Lipinski definition) is 5. The van der Waals surface area contributed by atoms with Crippen LogP contribution in [0.4, 0.5) is 5.69 Å². The van der Waals surface area contributed by atoms with E-state index in [1.807, 2.05) is 13.0 Å². The largest absolute Gasteiger partial charge is 0.492 e. The zero-order valence-electron chi connectivity index (χ0n) is 16.2. The van der Waals surface area contributed by atoms with Gasteiger partial charge in [-0.2, -0.15) is 0 Å². The number of rotatable bonds is 6. The van der Waals surface area contributed by atoms with Crippen LogP contribution in [0.5, 0.6) is 5.75 Å². The van der Waals surface area contributed by atoms with Crippen molar-refractivity contribution in [3.05, 3.63) is 62.0 Å². The summed E-state index contributed by atoms with van der Waals surface area (Å²) in [6.07, 6.45) is 1.49. The molecule has 0 bridgehead atoms. The van der Waals surface area contributed by atoms with Crippen LogP contribution in [0.25, 0.3) is 6.08 Å². The monoisotopic (exact) mass is 536 g/mol. The van der Waals surface area contributed by atoms with E-state index in [1.54, 1.807) is 25.1 Å². The molecule has 1 N–H and O–H groups in total. The minimum absolute atomic E-state index is 0.0320. The topological polar surface area (TPSA) is 84.9 Å². The van der Waals surface area contributed by atoms with Crippen molar-refractivity contribution in [1.29, 1.82) is 0 Å². The Morgan fingerprint density at radius 2 is 1.80 bits per heavy atom. The van der Waals surface area contributed by atoms with Gasteiger partial charge in [0.15, 0.2) is 0 Å². The fourth-order valence-electron chi connectivity index (χ4n) is 2.84. The van der Waals surface area contributed by atoms with Crippen LogP contribution in [-0.4, -0.2) is 31.0 Å². The number of hydrogen-bond donors (Lipinski definition) is 1. The Balaban J connectivity index is 1.91. The maximum Gasteiger partial charge on any atom is 0.338 e. The Bertz CT molecular complexity index is 1030. The van der Waals surface area contributed by atoms with Crippen molar-refractivity contribution in [1.82, 2.24) is 5.43 Å². The van der Waals surface area contributed by atoms with E-state index in [4.69, 9.17) is 9.47 Å². The number of esters is 1. The molecule has 1 aliphatic rings. The van der Waals surface area contributed by atoms with Gasteiger partial charge in [0.1, 0.15) is 11.3 Å². The number of anilines is 1. The van der Waals surface area contributed by atoms with Crippen LogP contribution < -0.4 is 15.2 Å². The van der Waals surface area contributed by atoms with Crippen LogP contribution in [0.1, 0.15) is 29.8 Å². The van der Waals surface area contributed by atoms with Crippen LogP contribution in [0, 0.1) is 0 Å². The Morgan fingerprint density at radius 1 is 1.10 bits per heavy atom. The van der Waals surface area contributed by atoms with Crippen LogP contribution in [0.2, 0.25) is 0 Å². The summed E-state index contributed by atoms with van der Waals surface area (Å²) >= 11 is 6.85. The highest BCUT2D eigenvalue weighted by atomic mass is 79.9. The average molecular weight is 538 g/mol. The van der Waals surface area contributed by atoms with Crippen molar-refractivity contribution >= 4 is 61.4 Å². The Hall–Kier alpha value is -2.65. The molecule has 7 nitrogen and oxygen atoms in total. The molecule has 0 aliphatic carbocycles. The average Bonchev–Trinajstić information content (AvgIpc) is 2.99. The van der Waals surface area contributed by atoms with Crippen LogP contribution in [0.3, 0.4) is 0 Å². The molecule has 0 saturated carbocycles. The van der Waals surface area contributed by atoms with Crippen molar-refractivity contribution in [3.8, 4) is 5.75 Å². The predicted molar refractivity (Wildman–Crippen MR) is 119 cm³/mol. The first-order valence-electron chi connectivity index (χ1n) is 9.11. The minimum Gasteiger partial charge on any atom is -0.492 e. The highest BCUT2D eigenvalue weighted by Gasteiger charge is 2.35. The number of nitrogens with one attached hydrogen (secondary N) is 1. The van der Waals surface area contributed by atoms with Gasteiger partial charge in [0, 0.05) is 10.0 Å². The van der Waals surface area contributed by atoms with Gasteiger partial charge in [-0.15, -0.1) is 0 Å². The summed E-state index contributed by atoms with van der Waals surface area (Å²) in [7, 11) is 0. The Morgan fingerprint density at radius 3 is 2.43 bits per heavy atom. The standard InChI is InChI=1S/C21H18Br2N2O5/c1-3-29-18-13(9-14(22)11-17(18)23)10-16-19(26)24-25(20(16)27)15-7-5-12(6-8-15)21(28)30-4-2/h5-11H,3-4H2,1-2H3,(H,24,26)/b16-10+. The molecule has 9 heteroatoms. The van der Waals surface area contributed by atoms with Crippen molar-refractivity contribution in [2.45, 2.75) is 13.8 Å². The number of benzene rings is 2. The molecule has 2 amide bonds. The first kappa shape index (κ1) is 22.0. The van der Waals surface area contributed by atoms with Gasteiger partial charge in [-0.05, 0) is 72.3 Å². The molecular formula is C21H18Br2N2O5. The number of hydrazine groups is 1. The molecule has 1 aliphatic heterocycles. The highest BCUT2D eigenvalue weighted by Crippen LogP contribution is 2.35. The van der Waals surface area contributed by atoms with Gasteiger partial charge in [-0.1, -0.05) is 15.9 Å². The first-order chi connectivity index (χ1) is 14.3. The number of carbonyl (C=O) groups excluding carboxylic acids is 3. The summed E-state index contributed by atoms with van der Waals surface area (Å²) in [5, 5.41) is 1.14. The maximum atomic E-state index is 12.9. The highest BCUT2D eigenvalue weighted by molar-refractivity contribution is 9.11. The van der Waals surface area contributed by atoms with Gasteiger partial charge in [0.2, 0.25) is 0 Å². The number of carbonyl (C=O) groups is 3. The number of amides is 2. The lowest BCUT2D eigenvalue weighted by Crippen LogP contribution is -2.35. The van der Waals surface area contributed by atoms with Gasteiger partial charge < -0.3 is 9.47 Å². The molecule has 1 fully saturated rings. The zero-order valence-corrected chi connectivity index (χ0v) is 19.4. The molecule has 3 rings (SSSR count). The summed E-state index contributed by atoms with van der Waals surface area (Å²) in [6.45, 7) is 4.26. The summed E-state index contributed by atoms with van der Waals surface area (Å²) in [5.41, 5.74) is 3.87. The Labute approximate surface area is 190 Å². The van der Waals surface area contributed by atoms with E-state index < -0.39 is 17.8 Å². The Kier molecular flexibility index (Phi) is 6.94. The fourth-order valence-corrected chi connectivity index (χ4v) is 4.21. The van der Waals surface area contributed by atoms with E-state index in [2.05, 4.69) is 37.3 Å². The summed E-state index contributed by atoms with van der Waals surface area (Å²) < 4.78 is 12.1. The van der Waals surface area contributed by atoms with Gasteiger partial charge in [0.25, 0.3) is 11.8 Å². The minimum atomic E-state index is -0.534. The van der Waals surface area contributed by atoms with Gasteiger partial charge in [-0.25, -0.2) is 9.80 Å².